The molecular weight excluding hydrogens is 155 g/mol. The Morgan fingerprint density at radius 1 is 1.27 bits per heavy atom. The Balaban J connectivity index is 3.02. The average Bonchev–Trinajstić information content (AvgIpc) is 2.04. The zero-order chi connectivity index (χ0) is 8.27. The number of hydrogen-bond acceptors (Lipinski definition) is 1. The molecule has 1 aromatic rings. The molecule has 1 aromatic carbocycles. The maximum Gasteiger partial charge on any atom is 0.125 e. The summed E-state index contributed by atoms with van der Waals surface area (Å²) in [5.74, 6) is 1.47. The van der Waals surface area contributed by atoms with Crippen LogP contribution in [0.5, 0.6) is 5.75 Å². The minimum atomic E-state index is 0.520. The van der Waals surface area contributed by atoms with Gasteiger partial charge < -0.3 is 4.52 Å². The molecule has 1 nitrogen and oxygen atoms in total. The van der Waals surface area contributed by atoms with E-state index in [2.05, 4.69) is 29.4 Å². The monoisotopic (exact) mass is 168 g/mol. The van der Waals surface area contributed by atoms with Crippen LogP contribution in [0.15, 0.2) is 24.3 Å². The molecular formula is C9H13OP. The molecule has 0 aliphatic rings. The molecule has 0 heterocycles. The summed E-state index contributed by atoms with van der Waals surface area (Å²) in [7, 11) is 2.27. The normalized spacial score (nSPS) is 10.2. The van der Waals surface area contributed by atoms with Crippen LogP contribution >= 0.6 is 9.47 Å². The Bertz CT molecular complexity index is 233. The molecule has 2 heteroatoms. The van der Waals surface area contributed by atoms with Crippen LogP contribution in [-0.4, -0.2) is 0 Å². The van der Waals surface area contributed by atoms with Crippen LogP contribution < -0.4 is 4.52 Å². The van der Waals surface area contributed by atoms with Crippen LogP contribution in [0.2, 0.25) is 0 Å². The Kier molecular flexibility index (Phi) is 2.90. The fraction of sp³-hybridized carbons (Fsp3) is 0.333. The van der Waals surface area contributed by atoms with Crippen molar-refractivity contribution in [2.45, 2.75) is 19.8 Å². The molecule has 0 bridgehead atoms. The molecule has 1 atom stereocenters. The quantitative estimate of drug-likeness (QED) is 0.617. The van der Waals surface area contributed by atoms with Gasteiger partial charge in [0.2, 0.25) is 0 Å². The summed E-state index contributed by atoms with van der Waals surface area (Å²) in [6.45, 7) is 4.31. The first-order chi connectivity index (χ1) is 5.25. The van der Waals surface area contributed by atoms with Crippen LogP contribution in [0.3, 0.4) is 0 Å². The third-order valence-electron chi connectivity index (χ3n) is 1.67. The lowest BCUT2D eigenvalue weighted by Gasteiger charge is -2.09. The van der Waals surface area contributed by atoms with Gasteiger partial charge in [-0.1, -0.05) is 32.0 Å². The highest BCUT2D eigenvalue weighted by atomic mass is 31.0. The van der Waals surface area contributed by atoms with E-state index < -0.39 is 0 Å². The largest absolute Gasteiger partial charge is 0.480 e. The van der Waals surface area contributed by atoms with Crippen molar-refractivity contribution in [2.24, 2.45) is 0 Å². The van der Waals surface area contributed by atoms with Gasteiger partial charge >= 0.3 is 0 Å². The van der Waals surface area contributed by atoms with Crippen molar-refractivity contribution < 1.29 is 4.52 Å². The van der Waals surface area contributed by atoms with Gasteiger partial charge in [0, 0.05) is 0 Å². The van der Waals surface area contributed by atoms with Gasteiger partial charge in [0.1, 0.15) is 5.75 Å². The SMILES string of the molecule is CC(C)c1ccccc1OP. The second-order valence-corrected chi connectivity index (χ2v) is 3.05. The molecule has 0 amide bonds. The van der Waals surface area contributed by atoms with Gasteiger partial charge in [-0.3, -0.25) is 0 Å². The average molecular weight is 168 g/mol. The number of para-hydroxylation sites is 1. The van der Waals surface area contributed by atoms with Gasteiger partial charge in [-0.15, -0.1) is 0 Å². The van der Waals surface area contributed by atoms with Crippen molar-refractivity contribution in [2.75, 3.05) is 0 Å². The van der Waals surface area contributed by atoms with Gasteiger partial charge in [0.05, 0.1) is 9.47 Å². The van der Waals surface area contributed by atoms with Gasteiger partial charge in [-0.2, -0.15) is 0 Å². The topological polar surface area (TPSA) is 9.23 Å². The van der Waals surface area contributed by atoms with Crippen molar-refractivity contribution in [3.05, 3.63) is 29.8 Å². The molecule has 1 rings (SSSR count). The van der Waals surface area contributed by atoms with E-state index >= 15 is 0 Å². The van der Waals surface area contributed by atoms with Crippen LogP contribution in [-0.2, 0) is 0 Å². The Morgan fingerprint density at radius 3 is 2.36 bits per heavy atom. The van der Waals surface area contributed by atoms with Crippen LogP contribution in [0.25, 0.3) is 0 Å². The molecule has 0 spiro atoms. The molecule has 0 aliphatic carbocycles. The van der Waals surface area contributed by atoms with E-state index in [-0.39, 0.29) is 0 Å². The first-order valence-electron chi connectivity index (χ1n) is 3.71. The smallest absolute Gasteiger partial charge is 0.125 e. The van der Waals surface area contributed by atoms with Crippen molar-refractivity contribution in [3.8, 4) is 5.75 Å². The Labute approximate surface area is 70.1 Å². The molecule has 0 radical (unpaired) electrons. The lowest BCUT2D eigenvalue weighted by atomic mass is 10.0. The van der Waals surface area contributed by atoms with Crippen molar-refractivity contribution >= 4 is 9.47 Å². The zero-order valence-corrected chi connectivity index (χ0v) is 8.03. The summed E-state index contributed by atoms with van der Waals surface area (Å²) >= 11 is 0. The van der Waals surface area contributed by atoms with Crippen LogP contribution in [0.4, 0.5) is 0 Å². The molecule has 60 valence electrons. The third-order valence-corrected chi connectivity index (χ3v) is 1.92. The Hall–Kier alpha value is -0.550. The molecule has 0 fully saturated rings. The minimum absolute atomic E-state index is 0.520. The summed E-state index contributed by atoms with van der Waals surface area (Å²) in [5.41, 5.74) is 1.25. The summed E-state index contributed by atoms with van der Waals surface area (Å²) in [6.07, 6.45) is 0. The van der Waals surface area contributed by atoms with E-state index in [1.165, 1.54) is 5.56 Å². The number of hydrogen-bond donors (Lipinski definition) is 0. The van der Waals surface area contributed by atoms with Gasteiger partial charge in [0.15, 0.2) is 0 Å². The highest BCUT2D eigenvalue weighted by Crippen LogP contribution is 2.26. The third kappa shape index (κ3) is 1.94. The zero-order valence-electron chi connectivity index (χ0n) is 6.87. The van der Waals surface area contributed by atoms with Crippen LogP contribution in [0.1, 0.15) is 25.3 Å². The standard InChI is InChI=1S/C9H13OP/c1-7(2)8-5-3-4-6-9(8)10-11/h3-7H,11H2,1-2H3. The molecule has 0 N–H and O–H groups in total. The van der Waals surface area contributed by atoms with Crippen molar-refractivity contribution in [1.82, 2.24) is 0 Å². The minimum Gasteiger partial charge on any atom is -0.480 e. The predicted octanol–water partition coefficient (Wildman–Crippen LogP) is 2.98. The van der Waals surface area contributed by atoms with E-state index in [0.29, 0.717) is 5.92 Å². The Morgan fingerprint density at radius 2 is 1.91 bits per heavy atom. The molecule has 11 heavy (non-hydrogen) atoms. The fourth-order valence-electron chi connectivity index (χ4n) is 1.06. The first-order valence-corrected chi connectivity index (χ1v) is 4.18. The lowest BCUT2D eigenvalue weighted by molar-refractivity contribution is 0.624. The summed E-state index contributed by atoms with van der Waals surface area (Å²) < 4.78 is 5.12. The van der Waals surface area contributed by atoms with Gasteiger partial charge in [-0.25, -0.2) is 0 Å². The molecule has 0 saturated carbocycles. The first kappa shape index (κ1) is 8.55. The number of rotatable bonds is 2. The molecule has 0 saturated heterocycles. The lowest BCUT2D eigenvalue weighted by Crippen LogP contribution is -1.89. The van der Waals surface area contributed by atoms with Crippen LogP contribution in [0, 0.1) is 0 Å². The van der Waals surface area contributed by atoms with Gasteiger partial charge in [0.25, 0.3) is 0 Å². The fourth-order valence-corrected chi connectivity index (χ4v) is 1.28. The van der Waals surface area contributed by atoms with E-state index in [1.54, 1.807) is 0 Å². The molecule has 0 aromatic heterocycles. The second-order valence-electron chi connectivity index (χ2n) is 2.81. The summed E-state index contributed by atoms with van der Waals surface area (Å²) in [5, 5.41) is 0. The summed E-state index contributed by atoms with van der Waals surface area (Å²) in [6, 6.07) is 8.07. The van der Waals surface area contributed by atoms with E-state index in [1.807, 2.05) is 18.2 Å². The maximum atomic E-state index is 5.12. The van der Waals surface area contributed by atoms with E-state index in [0.717, 1.165) is 5.75 Å². The molecule has 0 aliphatic heterocycles. The highest BCUT2D eigenvalue weighted by Gasteiger charge is 2.04. The van der Waals surface area contributed by atoms with E-state index in [9.17, 15) is 0 Å². The second kappa shape index (κ2) is 3.73. The molecule has 1 unspecified atom stereocenters. The van der Waals surface area contributed by atoms with Crippen molar-refractivity contribution in [3.63, 3.8) is 0 Å². The van der Waals surface area contributed by atoms with Gasteiger partial charge in [-0.05, 0) is 17.5 Å². The predicted molar refractivity (Wildman–Crippen MR) is 50.9 cm³/mol. The highest BCUT2D eigenvalue weighted by molar-refractivity contribution is 7.10. The number of benzene rings is 1. The maximum absolute atomic E-state index is 5.12. The van der Waals surface area contributed by atoms with E-state index in [4.69, 9.17) is 4.52 Å². The summed E-state index contributed by atoms with van der Waals surface area (Å²) in [4.78, 5) is 0. The van der Waals surface area contributed by atoms with Crippen molar-refractivity contribution in [1.29, 1.82) is 0 Å².